The van der Waals surface area contributed by atoms with Gasteiger partial charge in [-0.2, -0.15) is 0 Å². The van der Waals surface area contributed by atoms with Crippen LogP contribution in [0.3, 0.4) is 0 Å². The first-order chi connectivity index (χ1) is 9.97. The lowest BCUT2D eigenvalue weighted by Gasteiger charge is -2.14. The Labute approximate surface area is 123 Å². The molecule has 0 aliphatic heterocycles. The van der Waals surface area contributed by atoms with Crippen LogP contribution in [-0.2, 0) is 0 Å². The van der Waals surface area contributed by atoms with Crippen LogP contribution in [0, 0.1) is 0 Å². The first-order valence-corrected chi connectivity index (χ1v) is 6.82. The van der Waals surface area contributed by atoms with Crippen LogP contribution in [0.25, 0.3) is 21.9 Å². The molecule has 0 bridgehead atoms. The summed E-state index contributed by atoms with van der Waals surface area (Å²) in [6.45, 7) is 0. The van der Waals surface area contributed by atoms with Gasteiger partial charge in [0.15, 0.2) is 0 Å². The van der Waals surface area contributed by atoms with E-state index in [-0.39, 0.29) is 5.43 Å². The quantitative estimate of drug-likeness (QED) is 0.677. The van der Waals surface area contributed by atoms with E-state index in [0.29, 0.717) is 21.9 Å². The van der Waals surface area contributed by atoms with Crippen LogP contribution in [0.4, 0.5) is 11.4 Å². The van der Waals surface area contributed by atoms with Gasteiger partial charge < -0.3 is 14.2 Å². The molecular formula is C17H18N2O2. The van der Waals surface area contributed by atoms with E-state index in [2.05, 4.69) is 0 Å². The third kappa shape index (κ3) is 2.23. The molecular weight excluding hydrogens is 264 g/mol. The van der Waals surface area contributed by atoms with Crippen molar-refractivity contribution in [2.24, 2.45) is 0 Å². The molecule has 4 nitrogen and oxygen atoms in total. The van der Waals surface area contributed by atoms with Gasteiger partial charge in [-0.15, -0.1) is 0 Å². The zero-order chi connectivity index (χ0) is 15.1. The van der Waals surface area contributed by atoms with Crippen LogP contribution in [0.2, 0.25) is 0 Å². The SMILES string of the molecule is CN(C)c1ccc2c(=O)c3ccc(N(C)C)cc3oc2c1. The molecule has 3 rings (SSSR count). The average Bonchev–Trinajstić information content (AvgIpc) is 2.46. The predicted octanol–water partition coefficient (Wildman–Crippen LogP) is 3.08. The van der Waals surface area contributed by atoms with Gasteiger partial charge in [-0.25, -0.2) is 0 Å². The molecule has 0 saturated carbocycles. The Balaban J connectivity index is 2.35. The van der Waals surface area contributed by atoms with Gasteiger partial charge in [0.1, 0.15) is 11.2 Å². The highest BCUT2D eigenvalue weighted by atomic mass is 16.3. The number of hydrogen-bond acceptors (Lipinski definition) is 4. The number of rotatable bonds is 2. The zero-order valence-corrected chi connectivity index (χ0v) is 12.7. The van der Waals surface area contributed by atoms with Crippen molar-refractivity contribution in [3.8, 4) is 0 Å². The predicted molar refractivity (Wildman–Crippen MR) is 88.6 cm³/mol. The molecule has 0 aliphatic rings. The number of fused-ring (bicyclic) bond motifs is 2. The highest BCUT2D eigenvalue weighted by Gasteiger charge is 2.10. The Hall–Kier alpha value is -2.49. The van der Waals surface area contributed by atoms with Crippen LogP contribution >= 0.6 is 0 Å². The molecule has 3 aromatic rings. The summed E-state index contributed by atoms with van der Waals surface area (Å²) in [5.74, 6) is 0. The standard InChI is InChI=1S/C17H18N2O2/c1-18(2)11-5-7-13-15(9-11)21-16-10-12(19(3)4)6-8-14(16)17(13)20/h5-10H,1-4H3. The molecule has 0 fully saturated rings. The third-order valence-corrected chi connectivity index (χ3v) is 3.67. The second-order valence-electron chi connectivity index (χ2n) is 5.58. The van der Waals surface area contributed by atoms with E-state index in [9.17, 15) is 4.79 Å². The van der Waals surface area contributed by atoms with Gasteiger partial charge in [0.05, 0.1) is 10.8 Å². The third-order valence-electron chi connectivity index (χ3n) is 3.67. The van der Waals surface area contributed by atoms with Crippen molar-refractivity contribution in [3.05, 3.63) is 46.6 Å². The zero-order valence-electron chi connectivity index (χ0n) is 12.7. The molecule has 21 heavy (non-hydrogen) atoms. The lowest BCUT2D eigenvalue weighted by atomic mass is 10.1. The summed E-state index contributed by atoms with van der Waals surface area (Å²) in [5, 5.41) is 1.23. The maximum atomic E-state index is 12.6. The summed E-state index contributed by atoms with van der Waals surface area (Å²) < 4.78 is 5.96. The van der Waals surface area contributed by atoms with Gasteiger partial charge >= 0.3 is 0 Å². The smallest absolute Gasteiger partial charge is 0.200 e. The minimum atomic E-state index is 0.0156. The summed E-state index contributed by atoms with van der Waals surface area (Å²) in [7, 11) is 7.85. The second-order valence-corrected chi connectivity index (χ2v) is 5.58. The van der Waals surface area contributed by atoms with Crippen molar-refractivity contribution >= 4 is 33.3 Å². The van der Waals surface area contributed by atoms with E-state index in [1.165, 1.54) is 0 Å². The van der Waals surface area contributed by atoms with Crippen molar-refractivity contribution in [1.29, 1.82) is 0 Å². The van der Waals surface area contributed by atoms with E-state index in [0.717, 1.165) is 11.4 Å². The average molecular weight is 282 g/mol. The summed E-state index contributed by atoms with van der Waals surface area (Å²) in [6, 6.07) is 11.3. The number of hydrogen-bond donors (Lipinski definition) is 0. The molecule has 0 aliphatic carbocycles. The first-order valence-electron chi connectivity index (χ1n) is 6.82. The fraction of sp³-hybridized carbons (Fsp3) is 0.235. The molecule has 108 valence electrons. The van der Waals surface area contributed by atoms with Crippen LogP contribution < -0.4 is 15.2 Å². The van der Waals surface area contributed by atoms with Crippen LogP contribution in [0.1, 0.15) is 0 Å². The molecule has 4 heteroatoms. The van der Waals surface area contributed by atoms with Gasteiger partial charge in [-0.05, 0) is 24.3 Å². The maximum absolute atomic E-state index is 12.6. The highest BCUT2D eigenvalue weighted by molar-refractivity contribution is 5.92. The van der Waals surface area contributed by atoms with E-state index in [4.69, 9.17) is 4.42 Å². The molecule has 0 atom stereocenters. The van der Waals surface area contributed by atoms with Gasteiger partial charge in [-0.3, -0.25) is 4.79 Å². The molecule has 0 unspecified atom stereocenters. The first kappa shape index (κ1) is 13.5. The molecule has 0 amide bonds. The molecule has 0 spiro atoms. The number of nitrogens with zero attached hydrogens (tertiary/aromatic N) is 2. The fourth-order valence-electron chi connectivity index (χ4n) is 2.39. The molecule has 0 N–H and O–H groups in total. The van der Waals surface area contributed by atoms with Crippen LogP contribution in [0.5, 0.6) is 0 Å². The van der Waals surface area contributed by atoms with Crippen molar-refractivity contribution in [3.63, 3.8) is 0 Å². The molecule has 0 radical (unpaired) electrons. The lowest BCUT2D eigenvalue weighted by molar-refractivity contribution is 0.660. The van der Waals surface area contributed by atoms with E-state index in [1.54, 1.807) is 0 Å². The number of anilines is 2. The minimum Gasteiger partial charge on any atom is -0.456 e. The van der Waals surface area contributed by atoms with Crippen LogP contribution in [-0.4, -0.2) is 28.2 Å². The fourth-order valence-corrected chi connectivity index (χ4v) is 2.39. The minimum absolute atomic E-state index is 0.0156. The van der Waals surface area contributed by atoms with E-state index in [1.807, 2.05) is 74.4 Å². The Bertz CT molecular complexity index is 810. The molecule has 0 saturated heterocycles. The lowest BCUT2D eigenvalue weighted by Crippen LogP contribution is -2.10. The largest absolute Gasteiger partial charge is 0.456 e. The van der Waals surface area contributed by atoms with Gasteiger partial charge in [0, 0.05) is 51.7 Å². The van der Waals surface area contributed by atoms with Crippen LogP contribution in [0.15, 0.2) is 45.6 Å². The Morgan fingerprint density at radius 3 is 1.57 bits per heavy atom. The summed E-state index contributed by atoms with van der Waals surface area (Å²) in [4.78, 5) is 16.5. The Morgan fingerprint density at radius 1 is 0.762 bits per heavy atom. The van der Waals surface area contributed by atoms with E-state index < -0.39 is 0 Å². The summed E-state index contributed by atoms with van der Waals surface area (Å²) >= 11 is 0. The molecule has 1 heterocycles. The maximum Gasteiger partial charge on any atom is 0.200 e. The topological polar surface area (TPSA) is 36.7 Å². The highest BCUT2D eigenvalue weighted by Crippen LogP contribution is 2.25. The monoisotopic (exact) mass is 282 g/mol. The normalized spacial score (nSPS) is 11.0. The molecule has 2 aromatic carbocycles. The van der Waals surface area contributed by atoms with Crippen molar-refractivity contribution in [1.82, 2.24) is 0 Å². The Kier molecular flexibility index (Phi) is 3.09. The van der Waals surface area contributed by atoms with Crippen molar-refractivity contribution < 1.29 is 4.42 Å². The van der Waals surface area contributed by atoms with Crippen molar-refractivity contribution in [2.45, 2.75) is 0 Å². The second kappa shape index (κ2) is 4.81. The number of benzene rings is 2. The van der Waals surface area contributed by atoms with Crippen molar-refractivity contribution in [2.75, 3.05) is 38.0 Å². The molecule has 1 aromatic heterocycles. The summed E-state index contributed by atoms with van der Waals surface area (Å²) in [5.41, 5.74) is 3.27. The Morgan fingerprint density at radius 2 is 1.19 bits per heavy atom. The van der Waals surface area contributed by atoms with Gasteiger partial charge in [0.25, 0.3) is 0 Å². The van der Waals surface area contributed by atoms with Gasteiger partial charge in [0.2, 0.25) is 5.43 Å². The summed E-state index contributed by atoms with van der Waals surface area (Å²) in [6.07, 6.45) is 0. The van der Waals surface area contributed by atoms with Gasteiger partial charge in [-0.1, -0.05) is 0 Å². The van der Waals surface area contributed by atoms with E-state index >= 15 is 0 Å².